The Balaban J connectivity index is 1.45. The topological polar surface area (TPSA) is 21.3 Å². The molecule has 0 spiro atoms. The van der Waals surface area contributed by atoms with Crippen molar-refractivity contribution in [2.45, 2.75) is 26.5 Å². The third kappa shape index (κ3) is 4.72. The molecular weight excluding hydrogens is 413 g/mol. The van der Waals surface area contributed by atoms with E-state index in [0.717, 1.165) is 23.2 Å². The highest BCUT2D eigenvalue weighted by Gasteiger charge is 2.11. The highest BCUT2D eigenvalue weighted by molar-refractivity contribution is 6.37. The van der Waals surface area contributed by atoms with Gasteiger partial charge in [-0.2, -0.15) is 0 Å². The second-order valence-corrected chi connectivity index (χ2v) is 8.03. The van der Waals surface area contributed by atoms with E-state index < -0.39 is 0 Å². The normalized spacial score (nSPS) is 10.9. The van der Waals surface area contributed by atoms with Crippen molar-refractivity contribution >= 4 is 39.7 Å². The van der Waals surface area contributed by atoms with E-state index in [-0.39, 0.29) is 0 Å². The Morgan fingerprint density at radius 1 is 0.800 bits per heavy atom. The average molecular weight is 436 g/mol. The van der Waals surface area contributed by atoms with Crippen LogP contribution in [-0.2, 0) is 19.6 Å². The van der Waals surface area contributed by atoms with E-state index in [1.165, 1.54) is 16.3 Å². The lowest BCUT2D eigenvalue weighted by Gasteiger charge is -2.14. The lowest BCUT2D eigenvalue weighted by molar-refractivity contribution is 0.308. The summed E-state index contributed by atoms with van der Waals surface area (Å²) in [5, 5.41) is 6.79. The lowest BCUT2D eigenvalue weighted by Crippen LogP contribution is -2.02. The lowest BCUT2D eigenvalue weighted by atomic mass is 10.1. The molecule has 1 N–H and O–H groups in total. The van der Waals surface area contributed by atoms with Gasteiger partial charge in [0.15, 0.2) is 5.75 Å². The number of hydrogen-bond acceptors (Lipinski definition) is 2. The van der Waals surface area contributed by atoms with Gasteiger partial charge in [-0.1, -0.05) is 84.7 Å². The fourth-order valence-electron chi connectivity index (χ4n) is 3.48. The summed E-state index contributed by atoms with van der Waals surface area (Å²) in [5.41, 5.74) is 4.48. The number of fused-ring (bicyclic) bond motifs is 1. The number of rotatable bonds is 7. The molecule has 2 nitrogen and oxygen atoms in total. The zero-order chi connectivity index (χ0) is 20.9. The molecule has 0 aliphatic rings. The molecule has 0 aliphatic heterocycles. The minimum absolute atomic E-state index is 0.405. The van der Waals surface area contributed by atoms with Gasteiger partial charge in [-0.05, 0) is 58.1 Å². The quantitative estimate of drug-likeness (QED) is 0.318. The standard InChI is InChI=1S/C26H23Cl2NO/c1-2-18-10-12-22(13-11-18)29-16-19-14-24(27)26(25(28)15-19)30-17-21-8-5-7-20-6-3-4-9-23(20)21/h3-15,29H,2,16-17H2,1H3. The third-order valence-electron chi connectivity index (χ3n) is 5.17. The first-order chi connectivity index (χ1) is 14.6. The molecule has 0 radical (unpaired) electrons. The number of aryl methyl sites for hydroxylation is 1. The highest BCUT2D eigenvalue weighted by atomic mass is 35.5. The number of halogens is 2. The van der Waals surface area contributed by atoms with Gasteiger partial charge in [0, 0.05) is 12.2 Å². The predicted molar refractivity (Wildman–Crippen MR) is 128 cm³/mol. The molecule has 0 saturated carbocycles. The van der Waals surface area contributed by atoms with E-state index in [9.17, 15) is 0 Å². The van der Waals surface area contributed by atoms with Crippen LogP contribution < -0.4 is 10.1 Å². The van der Waals surface area contributed by atoms with Gasteiger partial charge >= 0.3 is 0 Å². The van der Waals surface area contributed by atoms with Crippen molar-refractivity contribution in [2.75, 3.05) is 5.32 Å². The maximum atomic E-state index is 6.50. The van der Waals surface area contributed by atoms with Crippen molar-refractivity contribution in [3.05, 3.63) is 106 Å². The Morgan fingerprint density at radius 3 is 2.23 bits per heavy atom. The summed E-state index contributed by atoms with van der Waals surface area (Å²) < 4.78 is 6.02. The summed E-state index contributed by atoms with van der Waals surface area (Å²) >= 11 is 13.0. The maximum absolute atomic E-state index is 6.50. The van der Waals surface area contributed by atoms with Crippen LogP contribution in [0.1, 0.15) is 23.6 Å². The van der Waals surface area contributed by atoms with Gasteiger partial charge in [-0.25, -0.2) is 0 Å². The van der Waals surface area contributed by atoms with Crippen LogP contribution in [0.25, 0.3) is 10.8 Å². The van der Waals surface area contributed by atoms with E-state index in [4.69, 9.17) is 27.9 Å². The van der Waals surface area contributed by atoms with Crippen molar-refractivity contribution in [1.82, 2.24) is 0 Å². The molecule has 0 unspecified atom stereocenters. The fraction of sp³-hybridized carbons (Fsp3) is 0.154. The molecular formula is C26H23Cl2NO. The molecule has 4 heteroatoms. The van der Waals surface area contributed by atoms with Crippen LogP contribution in [0.15, 0.2) is 78.9 Å². The van der Waals surface area contributed by atoms with Crippen LogP contribution in [0.3, 0.4) is 0 Å². The molecule has 0 amide bonds. The number of benzene rings is 4. The van der Waals surface area contributed by atoms with Crippen LogP contribution in [-0.4, -0.2) is 0 Å². The smallest absolute Gasteiger partial charge is 0.156 e. The van der Waals surface area contributed by atoms with E-state index in [2.05, 4.69) is 60.8 Å². The second-order valence-electron chi connectivity index (χ2n) is 7.22. The molecule has 0 heterocycles. The zero-order valence-electron chi connectivity index (χ0n) is 16.8. The first kappa shape index (κ1) is 20.6. The monoisotopic (exact) mass is 435 g/mol. The van der Waals surface area contributed by atoms with Crippen LogP contribution in [0, 0.1) is 0 Å². The van der Waals surface area contributed by atoms with Crippen LogP contribution in [0.2, 0.25) is 10.0 Å². The maximum Gasteiger partial charge on any atom is 0.156 e. The Labute approximate surface area is 187 Å². The Morgan fingerprint density at radius 2 is 1.50 bits per heavy atom. The van der Waals surface area contributed by atoms with Crippen molar-refractivity contribution in [3.8, 4) is 5.75 Å². The van der Waals surface area contributed by atoms with Crippen molar-refractivity contribution in [3.63, 3.8) is 0 Å². The summed E-state index contributed by atoms with van der Waals surface area (Å²) in [6, 6.07) is 26.7. The molecule has 152 valence electrons. The van der Waals surface area contributed by atoms with E-state index in [1.807, 2.05) is 30.3 Å². The zero-order valence-corrected chi connectivity index (χ0v) is 18.3. The third-order valence-corrected chi connectivity index (χ3v) is 5.73. The van der Waals surface area contributed by atoms with Gasteiger partial charge in [0.25, 0.3) is 0 Å². The molecule has 4 aromatic rings. The molecule has 30 heavy (non-hydrogen) atoms. The SMILES string of the molecule is CCc1ccc(NCc2cc(Cl)c(OCc3cccc4ccccc34)c(Cl)c2)cc1. The molecule has 0 atom stereocenters. The van der Waals surface area contributed by atoms with Gasteiger partial charge in [0.05, 0.1) is 10.0 Å². The number of anilines is 1. The largest absolute Gasteiger partial charge is 0.486 e. The molecule has 4 rings (SSSR count). The van der Waals surface area contributed by atoms with E-state index in [0.29, 0.717) is 28.9 Å². The van der Waals surface area contributed by atoms with Gasteiger partial charge in [0.2, 0.25) is 0 Å². The van der Waals surface area contributed by atoms with E-state index >= 15 is 0 Å². The van der Waals surface area contributed by atoms with Crippen molar-refractivity contribution < 1.29 is 4.74 Å². The summed E-state index contributed by atoms with van der Waals surface area (Å²) in [5.74, 6) is 0.516. The number of nitrogens with one attached hydrogen (secondary N) is 1. The van der Waals surface area contributed by atoms with Crippen LogP contribution in [0.5, 0.6) is 5.75 Å². The first-order valence-electron chi connectivity index (χ1n) is 10.0. The summed E-state index contributed by atoms with van der Waals surface area (Å²) in [7, 11) is 0. The highest BCUT2D eigenvalue weighted by Crippen LogP contribution is 2.35. The Hall–Kier alpha value is -2.68. The fourth-order valence-corrected chi connectivity index (χ4v) is 4.12. The van der Waals surface area contributed by atoms with Gasteiger partial charge in [-0.3, -0.25) is 0 Å². The van der Waals surface area contributed by atoms with Gasteiger partial charge in [0.1, 0.15) is 6.61 Å². The number of hydrogen-bond donors (Lipinski definition) is 1. The molecule has 0 saturated heterocycles. The molecule has 0 bridgehead atoms. The predicted octanol–water partition coefficient (Wildman–Crippen LogP) is 7.90. The molecule has 4 aromatic carbocycles. The van der Waals surface area contributed by atoms with Gasteiger partial charge < -0.3 is 10.1 Å². The van der Waals surface area contributed by atoms with Crippen LogP contribution >= 0.6 is 23.2 Å². The molecule has 0 fully saturated rings. The second kappa shape index (κ2) is 9.42. The number of ether oxygens (including phenoxy) is 1. The molecule has 0 aromatic heterocycles. The van der Waals surface area contributed by atoms with Crippen molar-refractivity contribution in [1.29, 1.82) is 0 Å². The summed E-state index contributed by atoms with van der Waals surface area (Å²) in [4.78, 5) is 0. The molecule has 0 aliphatic carbocycles. The summed E-state index contributed by atoms with van der Waals surface area (Å²) in [6.07, 6.45) is 1.03. The van der Waals surface area contributed by atoms with Crippen molar-refractivity contribution in [2.24, 2.45) is 0 Å². The van der Waals surface area contributed by atoms with Crippen LogP contribution in [0.4, 0.5) is 5.69 Å². The first-order valence-corrected chi connectivity index (χ1v) is 10.8. The van der Waals surface area contributed by atoms with E-state index in [1.54, 1.807) is 0 Å². The summed E-state index contributed by atoms with van der Waals surface area (Å²) in [6.45, 7) is 3.19. The average Bonchev–Trinajstić information content (AvgIpc) is 2.77. The Kier molecular flexibility index (Phi) is 6.47. The Bertz CT molecular complexity index is 1130. The minimum Gasteiger partial charge on any atom is -0.486 e. The minimum atomic E-state index is 0.405. The van der Waals surface area contributed by atoms with Gasteiger partial charge in [-0.15, -0.1) is 0 Å².